The lowest BCUT2D eigenvalue weighted by Crippen LogP contribution is -2.38. The first-order valence-electron chi connectivity index (χ1n) is 11.0. The van der Waals surface area contributed by atoms with Crippen molar-refractivity contribution in [2.24, 2.45) is 0 Å². The number of aliphatic carboxylic acids is 1. The maximum absolute atomic E-state index is 12.3. The molecule has 3 N–H and O–H groups in total. The molecule has 1 aliphatic rings. The molecular weight excluding hydrogens is 408 g/mol. The summed E-state index contributed by atoms with van der Waals surface area (Å²) in [5.74, 6) is -1.17. The van der Waals surface area contributed by atoms with Gasteiger partial charge in [0.25, 0.3) is 0 Å². The van der Waals surface area contributed by atoms with Crippen molar-refractivity contribution < 1.29 is 24.2 Å². The van der Waals surface area contributed by atoms with Gasteiger partial charge in [0.1, 0.15) is 6.61 Å². The van der Waals surface area contributed by atoms with Gasteiger partial charge in [-0.05, 0) is 42.0 Å². The van der Waals surface area contributed by atoms with Crippen LogP contribution in [0.3, 0.4) is 0 Å². The van der Waals surface area contributed by atoms with Crippen molar-refractivity contribution in [3.63, 3.8) is 0 Å². The number of carboxylic acids is 1. The highest BCUT2D eigenvalue weighted by atomic mass is 16.5. The Bertz CT molecular complexity index is 929. The van der Waals surface area contributed by atoms with Crippen LogP contribution >= 0.6 is 0 Å². The lowest BCUT2D eigenvalue weighted by atomic mass is 9.98. The van der Waals surface area contributed by atoms with Gasteiger partial charge in [0.15, 0.2) is 0 Å². The van der Waals surface area contributed by atoms with Crippen LogP contribution in [0.15, 0.2) is 48.5 Å². The van der Waals surface area contributed by atoms with E-state index < -0.39 is 12.1 Å². The Morgan fingerprint density at radius 2 is 1.59 bits per heavy atom. The zero-order valence-corrected chi connectivity index (χ0v) is 18.5. The molecular formula is C25H30N2O5. The molecule has 2 atom stereocenters. The summed E-state index contributed by atoms with van der Waals surface area (Å²) in [4.78, 5) is 35.2. The SMILES string of the molecule is CC[C@@H](CC(=O)O)NC(=O)CCC(C)NC(=O)OCC1c2ccccc2-c2ccccc21. The van der Waals surface area contributed by atoms with Crippen molar-refractivity contribution >= 4 is 18.0 Å². The van der Waals surface area contributed by atoms with E-state index in [0.717, 1.165) is 11.1 Å². The number of carboxylic acid groups (broad SMARTS) is 1. The number of nitrogens with one attached hydrogen (secondary N) is 2. The molecule has 0 fully saturated rings. The van der Waals surface area contributed by atoms with E-state index in [0.29, 0.717) is 12.8 Å². The summed E-state index contributed by atoms with van der Waals surface area (Å²) < 4.78 is 5.53. The van der Waals surface area contributed by atoms with Crippen LogP contribution in [0.2, 0.25) is 0 Å². The Morgan fingerprint density at radius 3 is 2.16 bits per heavy atom. The zero-order valence-electron chi connectivity index (χ0n) is 18.5. The minimum Gasteiger partial charge on any atom is -0.481 e. The third-order valence-corrected chi connectivity index (χ3v) is 5.79. The van der Waals surface area contributed by atoms with Gasteiger partial charge in [0.05, 0.1) is 6.42 Å². The summed E-state index contributed by atoms with van der Waals surface area (Å²) in [6, 6.07) is 15.7. The fourth-order valence-electron chi connectivity index (χ4n) is 4.07. The highest BCUT2D eigenvalue weighted by Gasteiger charge is 2.29. The largest absolute Gasteiger partial charge is 0.481 e. The number of alkyl carbamates (subject to hydrolysis) is 1. The van der Waals surface area contributed by atoms with Gasteiger partial charge in [0.2, 0.25) is 5.91 Å². The van der Waals surface area contributed by atoms with Crippen LogP contribution in [0.4, 0.5) is 4.79 Å². The molecule has 7 nitrogen and oxygen atoms in total. The van der Waals surface area contributed by atoms with Gasteiger partial charge in [-0.25, -0.2) is 4.79 Å². The molecule has 32 heavy (non-hydrogen) atoms. The molecule has 0 saturated heterocycles. The summed E-state index contributed by atoms with van der Waals surface area (Å²) in [5.41, 5.74) is 4.64. The highest BCUT2D eigenvalue weighted by Crippen LogP contribution is 2.44. The number of ether oxygens (including phenoxy) is 1. The molecule has 1 aliphatic carbocycles. The van der Waals surface area contributed by atoms with Crippen molar-refractivity contribution in [3.05, 3.63) is 59.7 Å². The lowest BCUT2D eigenvalue weighted by molar-refractivity contribution is -0.137. The number of carbonyl (C=O) groups excluding carboxylic acids is 2. The highest BCUT2D eigenvalue weighted by molar-refractivity contribution is 5.79. The number of fused-ring (bicyclic) bond motifs is 3. The van der Waals surface area contributed by atoms with Crippen LogP contribution in [0.1, 0.15) is 56.6 Å². The Labute approximate surface area is 188 Å². The number of amides is 2. The summed E-state index contributed by atoms with van der Waals surface area (Å²) >= 11 is 0. The molecule has 2 aromatic carbocycles. The van der Waals surface area contributed by atoms with Crippen LogP contribution in [-0.2, 0) is 14.3 Å². The van der Waals surface area contributed by atoms with E-state index in [4.69, 9.17) is 9.84 Å². The predicted octanol–water partition coefficient (Wildman–Crippen LogP) is 4.06. The molecule has 0 saturated carbocycles. The van der Waals surface area contributed by atoms with Crippen molar-refractivity contribution in [1.29, 1.82) is 0 Å². The van der Waals surface area contributed by atoms with E-state index in [-0.39, 0.29) is 43.4 Å². The first-order valence-corrected chi connectivity index (χ1v) is 11.0. The number of hydrogen-bond acceptors (Lipinski definition) is 4. The van der Waals surface area contributed by atoms with Crippen molar-refractivity contribution in [1.82, 2.24) is 10.6 Å². The van der Waals surface area contributed by atoms with E-state index in [2.05, 4.69) is 34.9 Å². The van der Waals surface area contributed by atoms with Gasteiger partial charge in [-0.3, -0.25) is 9.59 Å². The van der Waals surface area contributed by atoms with Gasteiger partial charge < -0.3 is 20.5 Å². The van der Waals surface area contributed by atoms with Crippen LogP contribution in [-0.4, -0.2) is 41.8 Å². The predicted molar refractivity (Wildman–Crippen MR) is 121 cm³/mol. The molecule has 0 spiro atoms. The number of hydrogen-bond donors (Lipinski definition) is 3. The molecule has 170 valence electrons. The minimum absolute atomic E-state index is 0.00514. The van der Waals surface area contributed by atoms with Crippen molar-refractivity contribution in [2.45, 2.75) is 57.5 Å². The lowest BCUT2D eigenvalue weighted by Gasteiger charge is -2.18. The molecule has 3 rings (SSSR count). The molecule has 0 heterocycles. The first kappa shape index (κ1) is 23.3. The fraction of sp³-hybridized carbons (Fsp3) is 0.400. The van der Waals surface area contributed by atoms with Gasteiger partial charge in [0, 0.05) is 24.4 Å². The Morgan fingerprint density at radius 1 is 1.00 bits per heavy atom. The maximum Gasteiger partial charge on any atom is 0.407 e. The summed E-state index contributed by atoms with van der Waals surface area (Å²) in [7, 11) is 0. The summed E-state index contributed by atoms with van der Waals surface area (Å²) in [5, 5.41) is 14.4. The van der Waals surface area contributed by atoms with E-state index >= 15 is 0 Å². The van der Waals surface area contributed by atoms with Gasteiger partial charge in [-0.15, -0.1) is 0 Å². The second-order valence-electron chi connectivity index (χ2n) is 8.18. The molecule has 0 radical (unpaired) electrons. The minimum atomic E-state index is -0.942. The smallest absolute Gasteiger partial charge is 0.407 e. The van der Waals surface area contributed by atoms with Crippen molar-refractivity contribution in [2.75, 3.05) is 6.61 Å². The Kier molecular flexibility index (Phi) is 7.87. The van der Waals surface area contributed by atoms with E-state index in [1.807, 2.05) is 38.1 Å². The number of carbonyl (C=O) groups is 3. The van der Waals surface area contributed by atoms with Crippen LogP contribution in [0.25, 0.3) is 11.1 Å². The second kappa shape index (κ2) is 10.8. The van der Waals surface area contributed by atoms with Gasteiger partial charge in [-0.2, -0.15) is 0 Å². The molecule has 7 heteroatoms. The molecule has 0 aliphatic heterocycles. The Balaban J connectivity index is 1.46. The first-order chi connectivity index (χ1) is 15.4. The number of benzene rings is 2. The molecule has 2 aromatic rings. The normalized spacial score (nSPS) is 14.1. The van der Waals surface area contributed by atoms with Crippen LogP contribution < -0.4 is 10.6 Å². The van der Waals surface area contributed by atoms with Gasteiger partial charge in [-0.1, -0.05) is 55.5 Å². The standard InChI is InChI=1S/C25H30N2O5/c1-3-17(14-24(29)30)27-23(28)13-12-16(2)26-25(31)32-15-22-20-10-6-4-8-18(20)19-9-5-7-11-21(19)22/h4-11,16-17,22H,3,12-15H2,1-2H3,(H,26,31)(H,27,28)(H,29,30)/t16?,17-/m0/s1. The van der Waals surface area contributed by atoms with E-state index in [9.17, 15) is 14.4 Å². The monoisotopic (exact) mass is 438 g/mol. The molecule has 0 bridgehead atoms. The summed E-state index contributed by atoms with van der Waals surface area (Å²) in [6.07, 6.45) is 0.555. The Hall–Kier alpha value is -3.35. The second-order valence-corrected chi connectivity index (χ2v) is 8.18. The van der Waals surface area contributed by atoms with Crippen LogP contribution in [0.5, 0.6) is 0 Å². The third-order valence-electron chi connectivity index (χ3n) is 5.79. The average Bonchev–Trinajstić information content (AvgIpc) is 3.09. The molecule has 0 aromatic heterocycles. The number of rotatable bonds is 10. The van der Waals surface area contributed by atoms with Gasteiger partial charge >= 0.3 is 12.1 Å². The van der Waals surface area contributed by atoms with E-state index in [1.54, 1.807) is 0 Å². The third kappa shape index (κ3) is 5.87. The quantitative estimate of drug-likeness (QED) is 0.519. The topological polar surface area (TPSA) is 105 Å². The van der Waals surface area contributed by atoms with E-state index in [1.165, 1.54) is 11.1 Å². The van der Waals surface area contributed by atoms with Crippen LogP contribution in [0, 0.1) is 0 Å². The zero-order chi connectivity index (χ0) is 23.1. The average molecular weight is 439 g/mol. The fourth-order valence-corrected chi connectivity index (χ4v) is 4.07. The maximum atomic E-state index is 12.3. The van der Waals surface area contributed by atoms with Crippen molar-refractivity contribution in [3.8, 4) is 11.1 Å². The summed E-state index contributed by atoms with van der Waals surface area (Å²) in [6.45, 7) is 3.87. The molecule has 2 amide bonds. The molecule has 1 unspecified atom stereocenters.